The molecule has 0 aliphatic carbocycles. The minimum Gasteiger partial charge on any atom is -0.333 e. The van der Waals surface area contributed by atoms with E-state index in [-0.39, 0.29) is 0 Å². The van der Waals surface area contributed by atoms with Crippen molar-refractivity contribution in [3.8, 4) is 5.69 Å². The lowest BCUT2D eigenvalue weighted by Gasteiger charge is -2.00. The van der Waals surface area contributed by atoms with Crippen LogP contribution in [0.25, 0.3) is 5.69 Å². The molecule has 0 bridgehead atoms. The van der Waals surface area contributed by atoms with E-state index in [0.717, 1.165) is 17.9 Å². The van der Waals surface area contributed by atoms with Crippen molar-refractivity contribution in [3.05, 3.63) is 66.5 Å². The molecule has 0 radical (unpaired) electrons. The Hall–Kier alpha value is -2.36. The fraction of sp³-hybridized carbons (Fsp3) is 0.143. The highest BCUT2D eigenvalue weighted by Gasteiger charge is 2.06. The Bertz CT molecular complexity index is 623. The number of nitrogens with zero attached hydrogens (tertiary/aromatic N) is 4. The average molecular weight is 238 g/mol. The Balaban J connectivity index is 1.91. The Labute approximate surface area is 106 Å². The summed E-state index contributed by atoms with van der Waals surface area (Å²) >= 11 is 0. The molecule has 0 amide bonds. The van der Waals surface area contributed by atoms with Crippen molar-refractivity contribution in [1.82, 2.24) is 19.3 Å². The van der Waals surface area contributed by atoms with Crippen LogP contribution in [0.3, 0.4) is 0 Å². The van der Waals surface area contributed by atoms with Crippen molar-refractivity contribution in [3.63, 3.8) is 0 Å². The minimum absolute atomic E-state index is 0.804. The van der Waals surface area contributed by atoms with Gasteiger partial charge in [-0.15, -0.1) is 0 Å². The van der Waals surface area contributed by atoms with Gasteiger partial charge in [-0.2, -0.15) is 5.10 Å². The fourth-order valence-corrected chi connectivity index (χ4v) is 1.94. The van der Waals surface area contributed by atoms with Crippen LogP contribution in [0.5, 0.6) is 0 Å². The molecule has 3 rings (SSSR count). The maximum Gasteiger partial charge on any atom is 0.0949 e. The van der Waals surface area contributed by atoms with E-state index >= 15 is 0 Å². The van der Waals surface area contributed by atoms with Gasteiger partial charge < -0.3 is 4.57 Å². The second-order valence-corrected chi connectivity index (χ2v) is 4.25. The zero-order valence-electron chi connectivity index (χ0n) is 10.2. The number of benzene rings is 1. The molecule has 0 aliphatic heterocycles. The molecule has 0 atom stereocenters. The molecule has 0 fully saturated rings. The number of imidazole rings is 1. The summed E-state index contributed by atoms with van der Waals surface area (Å²) in [6.45, 7) is 2.84. The van der Waals surface area contributed by atoms with Gasteiger partial charge in [0, 0.05) is 24.2 Å². The summed E-state index contributed by atoms with van der Waals surface area (Å²) in [5, 5.41) is 4.54. The van der Waals surface area contributed by atoms with Crippen LogP contribution in [0.2, 0.25) is 0 Å². The highest BCUT2D eigenvalue weighted by atomic mass is 15.3. The highest BCUT2D eigenvalue weighted by molar-refractivity contribution is 5.32. The second kappa shape index (κ2) is 4.49. The van der Waals surface area contributed by atoms with Crippen LogP contribution in [0.4, 0.5) is 0 Å². The van der Waals surface area contributed by atoms with Gasteiger partial charge in [-0.05, 0) is 19.1 Å². The van der Waals surface area contributed by atoms with E-state index in [9.17, 15) is 0 Å². The Morgan fingerprint density at radius 2 is 2.00 bits per heavy atom. The third kappa shape index (κ3) is 2.05. The Kier molecular flexibility index (Phi) is 2.68. The Morgan fingerprint density at radius 1 is 1.17 bits per heavy atom. The number of hydrogen-bond acceptors (Lipinski definition) is 2. The number of hydrogen-bond donors (Lipinski definition) is 0. The van der Waals surface area contributed by atoms with Crippen LogP contribution in [0, 0.1) is 6.92 Å². The third-order valence-corrected chi connectivity index (χ3v) is 2.93. The SMILES string of the molecule is Cc1nn(-c2ccccc2)cc1Cn1ccnc1. The molecule has 18 heavy (non-hydrogen) atoms. The molecule has 0 spiro atoms. The van der Waals surface area contributed by atoms with E-state index in [4.69, 9.17) is 0 Å². The van der Waals surface area contributed by atoms with E-state index in [1.165, 1.54) is 5.56 Å². The van der Waals surface area contributed by atoms with Gasteiger partial charge in [-0.3, -0.25) is 0 Å². The molecule has 0 saturated carbocycles. The number of aryl methyl sites for hydroxylation is 1. The van der Waals surface area contributed by atoms with Crippen molar-refractivity contribution in [2.75, 3.05) is 0 Å². The van der Waals surface area contributed by atoms with Crippen LogP contribution < -0.4 is 0 Å². The van der Waals surface area contributed by atoms with Crippen molar-refractivity contribution in [2.24, 2.45) is 0 Å². The predicted molar refractivity (Wildman–Crippen MR) is 69.6 cm³/mol. The third-order valence-electron chi connectivity index (χ3n) is 2.93. The molecule has 90 valence electrons. The molecule has 0 unspecified atom stereocenters. The first-order valence-electron chi connectivity index (χ1n) is 5.89. The maximum absolute atomic E-state index is 4.54. The minimum atomic E-state index is 0.804. The molecule has 4 heteroatoms. The molecule has 0 N–H and O–H groups in total. The molecule has 0 saturated heterocycles. The smallest absolute Gasteiger partial charge is 0.0949 e. The first-order valence-corrected chi connectivity index (χ1v) is 5.89. The van der Waals surface area contributed by atoms with Gasteiger partial charge in [-0.25, -0.2) is 9.67 Å². The van der Waals surface area contributed by atoms with Crippen molar-refractivity contribution >= 4 is 0 Å². The number of rotatable bonds is 3. The van der Waals surface area contributed by atoms with Gasteiger partial charge in [0.2, 0.25) is 0 Å². The van der Waals surface area contributed by atoms with Crippen LogP contribution in [0.15, 0.2) is 55.2 Å². The lowest BCUT2D eigenvalue weighted by molar-refractivity contribution is 0.792. The summed E-state index contributed by atoms with van der Waals surface area (Å²) in [7, 11) is 0. The van der Waals surface area contributed by atoms with Gasteiger partial charge in [0.15, 0.2) is 0 Å². The lowest BCUT2D eigenvalue weighted by atomic mass is 10.2. The quantitative estimate of drug-likeness (QED) is 0.702. The number of aromatic nitrogens is 4. The monoisotopic (exact) mass is 238 g/mol. The average Bonchev–Trinajstić information content (AvgIpc) is 3.02. The zero-order valence-corrected chi connectivity index (χ0v) is 10.2. The summed E-state index contributed by atoms with van der Waals surface area (Å²) in [5.41, 5.74) is 3.34. The van der Waals surface area contributed by atoms with Gasteiger partial charge >= 0.3 is 0 Å². The van der Waals surface area contributed by atoms with Crippen molar-refractivity contribution in [1.29, 1.82) is 0 Å². The van der Waals surface area contributed by atoms with Crippen LogP contribution in [-0.4, -0.2) is 19.3 Å². The van der Waals surface area contributed by atoms with E-state index in [0.29, 0.717) is 0 Å². The maximum atomic E-state index is 4.54. The van der Waals surface area contributed by atoms with Crippen molar-refractivity contribution < 1.29 is 0 Å². The van der Waals surface area contributed by atoms with Crippen LogP contribution >= 0.6 is 0 Å². The largest absolute Gasteiger partial charge is 0.333 e. The molecule has 0 aliphatic rings. The van der Waals surface area contributed by atoms with E-state index < -0.39 is 0 Å². The van der Waals surface area contributed by atoms with E-state index in [1.807, 2.05) is 59.0 Å². The molecule has 1 aromatic carbocycles. The Morgan fingerprint density at radius 3 is 2.72 bits per heavy atom. The predicted octanol–water partition coefficient (Wildman–Crippen LogP) is 2.43. The van der Waals surface area contributed by atoms with Gasteiger partial charge in [0.25, 0.3) is 0 Å². The molecule has 3 aromatic rings. The lowest BCUT2D eigenvalue weighted by Crippen LogP contribution is -1.96. The zero-order chi connectivity index (χ0) is 12.4. The summed E-state index contributed by atoms with van der Waals surface area (Å²) in [6, 6.07) is 10.1. The molecule has 2 heterocycles. The first-order chi connectivity index (χ1) is 8.83. The summed E-state index contributed by atoms with van der Waals surface area (Å²) in [6.07, 6.45) is 7.64. The number of para-hydroxylation sites is 1. The molecular weight excluding hydrogens is 224 g/mol. The first kappa shape index (κ1) is 10.8. The molecule has 2 aromatic heterocycles. The molecular formula is C14H14N4. The van der Waals surface area contributed by atoms with E-state index in [2.05, 4.69) is 16.3 Å². The summed E-state index contributed by atoms with van der Waals surface area (Å²) < 4.78 is 3.96. The van der Waals surface area contributed by atoms with Gasteiger partial charge in [-0.1, -0.05) is 18.2 Å². The van der Waals surface area contributed by atoms with E-state index in [1.54, 1.807) is 6.20 Å². The van der Waals surface area contributed by atoms with Crippen LogP contribution in [0.1, 0.15) is 11.3 Å². The normalized spacial score (nSPS) is 10.7. The summed E-state index contributed by atoms with van der Waals surface area (Å²) in [5.74, 6) is 0. The molecule has 4 nitrogen and oxygen atoms in total. The highest BCUT2D eigenvalue weighted by Crippen LogP contribution is 2.12. The second-order valence-electron chi connectivity index (χ2n) is 4.25. The van der Waals surface area contributed by atoms with Crippen LogP contribution in [-0.2, 0) is 6.54 Å². The van der Waals surface area contributed by atoms with Gasteiger partial charge in [0.1, 0.15) is 0 Å². The van der Waals surface area contributed by atoms with Gasteiger partial charge in [0.05, 0.1) is 24.3 Å². The summed E-state index contributed by atoms with van der Waals surface area (Å²) in [4.78, 5) is 4.05. The fourth-order valence-electron chi connectivity index (χ4n) is 1.94. The topological polar surface area (TPSA) is 35.6 Å². The standard InChI is InChI=1S/C14H14N4/c1-12-13(9-17-8-7-15-11-17)10-18(16-12)14-5-3-2-4-6-14/h2-8,10-11H,9H2,1H3. The van der Waals surface area contributed by atoms with Crippen molar-refractivity contribution in [2.45, 2.75) is 13.5 Å².